The van der Waals surface area contributed by atoms with Crippen LogP contribution in [0.4, 0.5) is 0 Å². The van der Waals surface area contributed by atoms with Gasteiger partial charge in [0.15, 0.2) is 5.78 Å². The Kier molecular flexibility index (Phi) is 3.93. The van der Waals surface area contributed by atoms with Crippen molar-refractivity contribution in [3.05, 3.63) is 106 Å². The lowest BCUT2D eigenvalue weighted by molar-refractivity contribution is 0.103. The van der Waals surface area contributed by atoms with Crippen molar-refractivity contribution in [2.45, 2.75) is 12.2 Å². The standard InChI is InChI=1S/C21H15ClO2/c22-18-12-10-17(11-13-18)21-20(24-21)16-8-6-15(7-9-16)19(23)14-4-2-1-3-5-14/h1-13,20-21H. The molecule has 0 radical (unpaired) electrons. The summed E-state index contributed by atoms with van der Waals surface area (Å²) in [5, 5.41) is 0.722. The van der Waals surface area contributed by atoms with E-state index in [-0.39, 0.29) is 18.0 Å². The van der Waals surface area contributed by atoms with Crippen molar-refractivity contribution in [2.75, 3.05) is 0 Å². The number of ether oxygens (including phenoxy) is 1. The Balaban J connectivity index is 1.49. The predicted octanol–water partition coefficient (Wildman–Crippen LogP) is 5.38. The molecule has 3 aromatic rings. The fraction of sp³-hybridized carbons (Fsp3) is 0.0952. The molecule has 0 aromatic heterocycles. The molecule has 2 nitrogen and oxygen atoms in total. The minimum atomic E-state index is 0.0353. The van der Waals surface area contributed by atoms with Crippen LogP contribution in [0.25, 0.3) is 0 Å². The van der Waals surface area contributed by atoms with Crippen LogP contribution in [-0.2, 0) is 4.74 Å². The van der Waals surface area contributed by atoms with Gasteiger partial charge in [-0.05, 0) is 23.3 Å². The average molecular weight is 335 g/mol. The Bertz CT molecular complexity index is 855. The number of carbonyl (C=O) groups excluding carboxylic acids is 1. The first-order valence-corrected chi connectivity index (χ1v) is 8.21. The number of halogens is 1. The van der Waals surface area contributed by atoms with Gasteiger partial charge in [-0.15, -0.1) is 0 Å². The highest BCUT2D eigenvalue weighted by atomic mass is 35.5. The van der Waals surface area contributed by atoms with E-state index in [9.17, 15) is 4.79 Å². The number of carbonyl (C=O) groups is 1. The van der Waals surface area contributed by atoms with E-state index in [4.69, 9.17) is 16.3 Å². The van der Waals surface area contributed by atoms with Crippen LogP contribution < -0.4 is 0 Å². The second kappa shape index (κ2) is 6.23. The van der Waals surface area contributed by atoms with Gasteiger partial charge in [0, 0.05) is 16.1 Å². The molecule has 2 unspecified atom stereocenters. The number of epoxide rings is 1. The molecule has 3 heteroatoms. The van der Waals surface area contributed by atoms with Gasteiger partial charge in [-0.3, -0.25) is 4.79 Å². The van der Waals surface area contributed by atoms with Crippen molar-refractivity contribution in [3.63, 3.8) is 0 Å². The van der Waals surface area contributed by atoms with Crippen LogP contribution in [0.2, 0.25) is 5.02 Å². The first-order chi connectivity index (χ1) is 11.7. The summed E-state index contributed by atoms with van der Waals surface area (Å²) >= 11 is 5.91. The number of rotatable bonds is 4. The van der Waals surface area contributed by atoms with Gasteiger partial charge in [-0.1, -0.05) is 78.3 Å². The Hall–Kier alpha value is -2.42. The summed E-state index contributed by atoms with van der Waals surface area (Å²) in [6.45, 7) is 0. The SMILES string of the molecule is O=C(c1ccccc1)c1ccc(C2OC2c2ccc(Cl)cc2)cc1. The van der Waals surface area contributed by atoms with Crippen LogP contribution in [0.5, 0.6) is 0 Å². The highest BCUT2D eigenvalue weighted by Crippen LogP contribution is 2.50. The van der Waals surface area contributed by atoms with Crippen molar-refractivity contribution >= 4 is 17.4 Å². The lowest BCUT2D eigenvalue weighted by Crippen LogP contribution is -2.00. The molecular weight excluding hydrogens is 320 g/mol. The third-order valence-electron chi connectivity index (χ3n) is 4.23. The molecule has 1 fully saturated rings. The van der Waals surface area contributed by atoms with E-state index >= 15 is 0 Å². The fourth-order valence-corrected chi connectivity index (χ4v) is 2.98. The van der Waals surface area contributed by atoms with Crippen LogP contribution >= 0.6 is 11.6 Å². The molecule has 1 saturated heterocycles. The van der Waals surface area contributed by atoms with Crippen LogP contribution in [0, 0.1) is 0 Å². The van der Waals surface area contributed by atoms with Gasteiger partial charge in [-0.25, -0.2) is 0 Å². The minimum Gasteiger partial charge on any atom is -0.359 e. The van der Waals surface area contributed by atoms with Crippen molar-refractivity contribution in [1.82, 2.24) is 0 Å². The number of hydrogen-bond acceptors (Lipinski definition) is 2. The summed E-state index contributed by atoms with van der Waals surface area (Å²) in [6.07, 6.45) is 0.116. The molecule has 0 spiro atoms. The molecule has 4 rings (SSSR count). The molecule has 0 bridgehead atoms. The monoisotopic (exact) mass is 334 g/mol. The maximum atomic E-state index is 12.4. The van der Waals surface area contributed by atoms with E-state index in [2.05, 4.69) is 0 Å². The fourth-order valence-electron chi connectivity index (χ4n) is 2.85. The molecule has 2 atom stereocenters. The predicted molar refractivity (Wildman–Crippen MR) is 94.3 cm³/mol. The maximum Gasteiger partial charge on any atom is 0.193 e. The van der Waals surface area contributed by atoms with Gasteiger partial charge in [-0.2, -0.15) is 0 Å². The minimum absolute atomic E-state index is 0.0353. The van der Waals surface area contributed by atoms with Gasteiger partial charge >= 0.3 is 0 Å². The molecular formula is C21H15ClO2. The topological polar surface area (TPSA) is 29.6 Å². The van der Waals surface area contributed by atoms with Gasteiger partial charge in [0.05, 0.1) is 0 Å². The normalized spacial score (nSPS) is 19.0. The molecule has 0 saturated carbocycles. The quantitative estimate of drug-likeness (QED) is 0.473. The van der Waals surface area contributed by atoms with Crippen LogP contribution in [0.1, 0.15) is 39.3 Å². The smallest absolute Gasteiger partial charge is 0.193 e. The first kappa shape index (κ1) is 15.1. The number of ketones is 1. The van der Waals surface area contributed by atoms with E-state index < -0.39 is 0 Å². The summed E-state index contributed by atoms with van der Waals surface area (Å²) in [7, 11) is 0. The molecule has 1 heterocycles. The average Bonchev–Trinajstić information content (AvgIpc) is 3.43. The molecule has 1 aliphatic rings. The van der Waals surface area contributed by atoms with Crippen molar-refractivity contribution < 1.29 is 9.53 Å². The van der Waals surface area contributed by atoms with Crippen LogP contribution in [0.15, 0.2) is 78.9 Å². The summed E-state index contributed by atoms with van der Waals surface area (Å²) in [6, 6.07) is 24.7. The van der Waals surface area contributed by atoms with Gasteiger partial charge in [0.25, 0.3) is 0 Å². The second-order valence-corrected chi connectivity index (χ2v) is 6.28. The maximum absolute atomic E-state index is 12.4. The third kappa shape index (κ3) is 2.99. The van der Waals surface area contributed by atoms with Crippen molar-refractivity contribution in [2.24, 2.45) is 0 Å². The van der Waals surface area contributed by atoms with Crippen molar-refractivity contribution in [3.8, 4) is 0 Å². The highest BCUT2D eigenvalue weighted by Gasteiger charge is 2.41. The third-order valence-corrected chi connectivity index (χ3v) is 4.48. The van der Waals surface area contributed by atoms with Crippen LogP contribution in [-0.4, -0.2) is 5.78 Å². The van der Waals surface area contributed by atoms with Gasteiger partial charge in [0.1, 0.15) is 12.2 Å². The Labute approximate surface area is 145 Å². The molecule has 0 amide bonds. The molecule has 118 valence electrons. The zero-order valence-corrected chi connectivity index (χ0v) is 13.6. The summed E-state index contributed by atoms with van der Waals surface area (Å²) in [5.41, 5.74) is 3.59. The largest absolute Gasteiger partial charge is 0.359 e. The van der Waals surface area contributed by atoms with Gasteiger partial charge in [0.2, 0.25) is 0 Å². The van der Waals surface area contributed by atoms with E-state index in [1.54, 1.807) is 0 Å². The van der Waals surface area contributed by atoms with E-state index in [0.717, 1.165) is 16.1 Å². The zero-order chi connectivity index (χ0) is 16.5. The molecule has 1 aliphatic heterocycles. The Morgan fingerprint density at radius 1 is 0.708 bits per heavy atom. The lowest BCUT2D eigenvalue weighted by atomic mass is 9.99. The zero-order valence-electron chi connectivity index (χ0n) is 12.9. The molecule has 0 aliphatic carbocycles. The van der Waals surface area contributed by atoms with Crippen LogP contribution in [0.3, 0.4) is 0 Å². The Morgan fingerprint density at radius 2 is 1.21 bits per heavy atom. The Morgan fingerprint density at radius 3 is 1.79 bits per heavy atom. The summed E-state index contributed by atoms with van der Waals surface area (Å²) in [5.74, 6) is 0.0353. The number of hydrogen-bond donors (Lipinski definition) is 0. The highest BCUT2D eigenvalue weighted by molar-refractivity contribution is 6.30. The first-order valence-electron chi connectivity index (χ1n) is 7.83. The molecule has 3 aromatic carbocycles. The lowest BCUT2D eigenvalue weighted by Gasteiger charge is -2.03. The molecule has 0 N–H and O–H groups in total. The summed E-state index contributed by atoms with van der Waals surface area (Å²) < 4.78 is 5.79. The van der Waals surface area contributed by atoms with Gasteiger partial charge < -0.3 is 4.74 Å². The van der Waals surface area contributed by atoms with Crippen molar-refractivity contribution in [1.29, 1.82) is 0 Å². The second-order valence-electron chi connectivity index (χ2n) is 5.85. The van der Waals surface area contributed by atoms with E-state index in [1.165, 1.54) is 0 Å². The van der Waals surface area contributed by atoms with E-state index in [0.29, 0.717) is 11.1 Å². The molecule has 24 heavy (non-hydrogen) atoms. The van der Waals surface area contributed by atoms with E-state index in [1.807, 2.05) is 78.9 Å². The number of benzene rings is 3. The summed E-state index contributed by atoms with van der Waals surface area (Å²) in [4.78, 5) is 12.4.